The maximum absolute atomic E-state index is 10.7. The van der Waals surface area contributed by atoms with Crippen LogP contribution in [0.1, 0.15) is 6.92 Å². The van der Waals surface area contributed by atoms with Crippen LogP contribution in [0.2, 0.25) is 5.02 Å². The highest BCUT2D eigenvalue weighted by molar-refractivity contribution is 6.30. The molecule has 1 N–H and O–H groups in total. The number of benzene rings is 1. The van der Waals surface area contributed by atoms with E-state index in [0.29, 0.717) is 0 Å². The van der Waals surface area contributed by atoms with Gasteiger partial charge in [0.05, 0.1) is 10.8 Å². The number of halogens is 1. The summed E-state index contributed by atoms with van der Waals surface area (Å²) in [5.74, 6) is -1.76. The van der Waals surface area contributed by atoms with Crippen LogP contribution in [0.15, 0.2) is 18.2 Å². The SMILES string of the molecule is CC(COc1ccc(Cl)cc1[N+](=O)[O-])C(=O)O. The molecule has 0 bridgehead atoms. The molecule has 17 heavy (non-hydrogen) atoms. The number of nitro benzene ring substituents is 1. The number of carboxylic acids is 1. The molecule has 92 valence electrons. The Hall–Kier alpha value is -1.82. The number of hydrogen-bond donors (Lipinski definition) is 1. The Morgan fingerprint density at radius 1 is 1.65 bits per heavy atom. The molecule has 0 aromatic heterocycles. The van der Waals surface area contributed by atoms with Gasteiger partial charge >= 0.3 is 11.7 Å². The maximum atomic E-state index is 10.7. The minimum atomic E-state index is -1.03. The van der Waals surface area contributed by atoms with Gasteiger partial charge in [0.2, 0.25) is 0 Å². The number of nitro groups is 1. The first kappa shape index (κ1) is 13.2. The van der Waals surface area contributed by atoms with Gasteiger partial charge in [0.1, 0.15) is 6.61 Å². The van der Waals surface area contributed by atoms with Crippen LogP contribution in [-0.4, -0.2) is 22.6 Å². The van der Waals surface area contributed by atoms with Crippen LogP contribution in [0.3, 0.4) is 0 Å². The standard InChI is InChI=1S/C10H10ClNO5/c1-6(10(13)14)5-17-9-3-2-7(11)4-8(9)12(15)16/h2-4,6H,5H2,1H3,(H,13,14). The van der Waals surface area contributed by atoms with Gasteiger partial charge in [-0.15, -0.1) is 0 Å². The molecule has 0 radical (unpaired) electrons. The van der Waals surface area contributed by atoms with Crippen molar-refractivity contribution < 1.29 is 19.6 Å². The third-order valence-corrected chi connectivity index (χ3v) is 2.26. The molecule has 1 rings (SSSR count). The van der Waals surface area contributed by atoms with Gasteiger partial charge in [0, 0.05) is 11.1 Å². The van der Waals surface area contributed by atoms with Gasteiger partial charge < -0.3 is 9.84 Å². The molecule has 1 aromatic rings. The Morgan fingerprint density at radius 2 is 2.29 bits per heavy atom. The second kappa shape index (κ2) is 5.49. The van der Waals surface area contributed by atoms with Crippen LogP contribution in [0, 0.1) is 16.0 Å². The van der Waals surface area contributed by atoms with Gasteiger partial charge in [-0.3, -0.25) is 14.9 Å². The van der Waals surface area contributed by atoms with E-state index in [1.54, 1.807) is 0 Å². The first-order chi connectivity index (χ1) is 7.91. The van der Waals surface area contributed by atoms with E-state index in [2.05, 4.69) is 0 Å². The normalized spacial score (nSPS) is 11.9. The topological polar surface area (TPSA) is 89.7 Å². The fourth-order valence-corrected chi connectivity index (χ4v) is 1.21. The largest absolute Gasteiger partial charge is 0.486 e. The summed E-state index contributed by atoms with van der Waals surface area (Å²) in [5, 5.41) is 19.6. The number of nitrogens with zero attached hydrogens (tertiary/aromatic N) is 1. The number of carboxylic acid groups (broad SMARTS) is 1. The van der Waals surface area contributed by atoms with E-state index in [0.717, 1.165) is 6.07 Å². The molecular formula is C10H10ClNO5. The molecule has 0 saturated heterocycles. The molecular weight excluding hydrogens is 250 g/mol. The Bertz CT molecular complexity index is 448. The van der Waals surface area contributed by atoms with Crippen molar-refractivity contribution >= 4 is 23.3 Å². The number of rotatable bonds is 5. The third kappa shape index (κ3) is 3.60. The van der Waals surface area contributed by atoms with E-state index >= 15 is 0 Å². The summed E-state index contributed by atoms with van der Waals surface area (Å²) in [7, 11) is 0. The number of aliphatic carboxylic acids is 1. The molecule has 1 unspecified atom stereocenters. The molecule has 0 saturated carbocycles. The average Bonchev–Trinajstić information content (AvgIpc) is 2.26. The predicted octanol–water partition coefficient (Wildman–Crippen LogP) is 2.35. The molecule has 0 aliphatic carbocycles. The molecule has 7 heteroatoms. The lowest BCUT2D eigenvalue weighted by Gasteiger charge is -2.09. The monoisotopic (exact) mass is 259 g/mol. The van der Waals surface area contributed by atoms with Crippen LogP contribution in [0.5, 0.6) is 5.75 Å². The zero-order valence-corrected chi connectivity index (χ0v) is 9.68. The van der Waals surface area contributed by atoms with Crippen molar-refractivity contribution in [2.24, 2.45) is 5.92 Å². The van der Waals surface area contributed by atoms with Crippen molar-refractivity contribution in [2.75, 3.05) is 6.61 Å². The number of carbonyl (C=O) groups is 1. The summed E-state index contributed by atoms with van der Waals surface area (Å²) in [5.41, 5.74) is -0.282. The van der Waals surface area contributed by atoms with E-state index in [4.69, 9.17) is 21.4 Å². The first-order valence-electron chi connectivity index (χ1n) is 4.71. The molecule has 0 aliphatic heterocycles. The van der Waals surface area contributed by atoms with E-state index in [-0.39, 0.29) is 23.1 Å². The molecule has 1 aromatic carbocycles. The average molecular weight is 260 g/mol. The molecule has 6 nitrogen and oxygen atoms in total. The highest BCUT2D eigenvalue weighted by Crippen LogP contribution is 2.30. The second-order valence-electron chi connectivity index (χ2n) is 3.42. The lowest BCUT2D eigenvalue weighted by Crippen LogP contribution is -2.18. The summed E-state index contributed by atoms with van der Waals surface area (Å²) < 4.78 is 5.10. The van der Waals surface area contributed by atoms with E-state index in [1.165, 1.54) is 19.1 Å². The van der Waals surface area contributed by atoms with Crippen molar-refractivity contribution in [3.8, 4) is 5.75 Å². The van der Waals surface area contributed by atoms with E-state index < -0.39 is 16.8 Å². The van der Waals surface area contributed by atoms with Crippen molar-refractivity contribution in [2.45, 2.75) is 6.92 Å². The summed E-state index contributed by atoms with van der Waals surface area (Å²) >= 11 is 5.62. The van der Waals surface area contributed by atoms with Crippen molar-refractivity contribution in [1.29, 1.82) is 0 Å². The van der Waals surface area contributed by atoms with Gasteiger partial charge in [0.15, 0.2) is 5.75 Å². The molecule has 0 amide bonds. The quantitative estimate of drug-likeness (QED) is 0.647. The second-order valence-corrected chi connectivity index (χ2v) is 3.86. The summed E-state index contributed by atoms with van der Waals surface area (Å²) in [4.78, 5) is 20.6. The lowest BCUT2D eigenvalue weighted by atomic mass is 10.2. The van der Waals surface area contributed by atoms with E-state index in [1.807, 2.05) is 0 Å². The van der Waals surface area contributed by atoms with Gasteiger partial charge in [-0.25, -0.2) is 0 Å². The van der Waals surface area contributed by atoms with E-state index in [9.17, 15) is 14.9 Å². The Kier molecular flexibility index (Phi) is 4.28. The Morgan fingerprint density at radius 3 is 2.82 bits per heavy atom. The predicted molar refractivity (Wildman–Crippen MR) is 60.4 cm³/mol. The fourth-order valence-electron chi connectivity index (χ4n) is 1.04. The highest BCUT2D eigenvalue weighted by atomic mass is 35.5. The zero-order valence-electron chi connectivity index (χ0n) is 8.92. The Balaban J connectivity index is 2.84. The van der Waals surface area contributed by atoms with Gasteiger partial charge in [-0.2, -0.15) is 0 Å². The van der Waals surface area contributed by atoms with Crippen LogP contribution < -0.4 is 4.74 Å². The van der Waals surface area contributed by atoms with Crippen molar-refractivity contribution in [3.05, 3.63) is 33.3 Å². The maximum Gasteiger partial charge on any atom is 0.312 e. The first-order valence-corrected chi connectivity index (χ1v) is 5.09. The lowest BCUT2D eigenvalue weighted by molar-refractivity contribution is -0.385. The summed E-state index contributed by atoms with van der Waals surface area (Å²) in [6, 6.07) is 3.94. The smallest absolute Gasteiger partial charge is 0.312 e. The van der Waals surface area contributed by atoms with Crippen LogP contribution in [0.25, 0.3) is 0 Å². The third-order valence-electron chi connectivity index (χ3n) is 2.03. The molecule has 0 heterocycles. The molecule has 0 fully saturated rings. The summed E-state index contributed by atoms with van der Waals surface area (Å²) in [6.07, 6.45) is 0. The van der Waals surface area contributed by atoms with Crippen LogP contribution >= 0.6 is 11.6 Å². The highest BCUT2D eigenvalue weighted by Gasteiger charge is 2.18. The number of ether oxygens (including phenoxy) is 1. The Labute approximate surface area is 102 Å². The van der Waals surface area contributed by atoms with Crippen molar-refractivity contribution in [3.63, 3.8) is 0 Å². The summed E-state index contributed by atoms with van der Waals surface area (Å²) in [6.45, 7) is 1.31. The van der Waals surface area contributed by atoms with Crippen molar-refractivity contribution in [1.82, 2.24) is 0 Å². The van der Waals surface area contributed by atoms with Gasteiger partial charge in [0.25, 0.3) is 0 Å². The molecule has 1 atom stereocenters. The van der Waals surface area contributed by atoms with Crippen LogP contribution in [0.4, 0.5) is 5.69 Å². The molecule has 0 spiro atoms. The van der Waals surface area contributed by atoms with Gasteiger partial charge in [-0.1, -0.05) is 11.6 Å². The van der Waals surface area contributed by atoms with Crippen LogP contribution in [-0.2, 0) is 4.79 Å². The van der Waals surface area contributed by atoms with Gasteiger partial charge in [-0.05, 0) is 19.1 Å². The fraction of sp³-hybridized carbons (Fsp3) is 0.300. The zero-order chi connectivity index (χ0) is 13.0. The minimum absolute atomic E-state index is 0.00694. The number of hydrogen-bond acceptors (Lipinski definition) is 4. The minimum Gasteiger partial charge on any atom is -0.486 e. The molecule has 0 aliphatic rings.